The summed E-state index contributed by atoms with van der Waals surface area (Å²) in [4.78, 5) is 0. The fourth-order valence-corrected chi connectivity index (χ4v) is 3.34. The quantitative estimate of drug-likeness (QED) is 0.870. The third-order valence-corrected chi connectivity index (χ3v) is 4.98. The Labute approximate surface area is 119 Å². The van der Waals surface area contributed by atoms with Crippen LogP contribution in [0.25, 0.3) is 0 Å². The number of phenols is 1. The summed E-state index contributed by atoms with van der Waals surface area (Å²) >= 11 is 2.00. The smallest absolute Gasteiger partial charge is 0.160 e. The van der Waals surface area contributed by atoms with Gasteiger partial charge in [-0.1, -0.05) is 6.07 Å². The SMILES string of the molecule is COc1cc(CNC2CCC(SC)CC2)ccc1O. The number of thioether (sulfide) groups is 1. The molecule has 0 radical (unpaired) electrons. The molecule has 19 heavy (non-hydrogen) atoms. The van der Waals surface area contributed by atoms with Crippen LogP contribution in [-0.4, -0.2) is 29.8 Å². The molecular weight excluding hydrogens is 258 g/mol. The van der Waals surface area contributed by atoms with Crippen LogP contribution in [-0.2, 0) is 6.54 Å². The van der Waals surface area contributed by atoms with Gasteiger partial charge in [0.25, 0.3) is 0 Å². The molecule has 0 heterocycles. The van der Waals surface area contributed by atoms with E-state index in [1.807, 2.05) is 23.9 Å². The van der Waals surface area contributed by atoms with E-state index in [4.69, 9.17) is 4.74 Å². The number of nitrogens with one attached hydrogen (secondary N) is 1. The monoisotopic (exact) mass is 281 g/mol. The summed E-state index contributed by atoms with van der Waals surface area (Å²) in [5.74, 6) is 0.747. The van der Waals surface area contributed by atoms with Gasteiger partial charge in [-0.3, -0.25) is 0 Å². The van der Waals surface area contributed by atoms with E-state index < -0.39 is 0 Å². The normalized spacial score (nSPS) is 23.3. The van der Waals surface area contributed by atoms with Crippen molar-refractivity contribution in [1.29, 1.82) is 0 Å². The Hall–Kier alpha value is -0.870. The molecule has 0 aliphatic heterocycles. The maximum atomic E-state index is 9.56. The highest BCUT2D eigenvalue weighted by molar-refractivity contribution is 7.99. The Morgan fingerprint density at radius 2 is 2.05 bits per heavy atom. The molecule has 0 spiro atoms. The van der Waals surface area contributed by atoms with E-state index in [0.717, 1.165) is 17.4 Å². The summed E-state index contributed by atoms with van der Waals surface area (Å²) in [6.45, 7) is 0.839. The van der Waals surface area contributed by atoms with Crippen LogP contribution in [0.15, 0.2) is 18.2 Å². The van der Waals surface area contributed by atoms with Crippen LogP contribution < -0.4 is 10.1 Å². The first-order valence-corrected chi connectivity index (χ1v) is 8.13. The van der Waals surface area contributed by atoms with Crippen molar-refractivity contribution in [1.82, 2.24) is 5.32 Å². The molecule has 1 aliphatic rings. The highest BCUT2D eigenvalue weighted by atomic mass is 32.2. The van der Waals surface area contributed by atoms with Crippen LogP contribution in [0.3, 0.4) is 0 Å². The number of ether oxygens (including phenoxy) is 1. The molecule has 0 unspecified atom stereocenters. The summed E-state index contributed by atoms with van der Waals surface area (Å²) < 4.78 is 5.13. The summed E-state index contributed by atoms with van der Waals surface area (Å²) in [7, 11) is 1.58. The second kappa shape index (κ2) is 7.06. The van der Waals surface area contributed by atoms with E-state index >= 15 is 0 Å². The van der Waals surface area contributed by atoms with Crippen molar-refractivity contribution in [3.63, 3.8) is 0 Å². The van der Waals surface area contributed by atoms with E-state index in [1.165, 1.54) is 25.7 Å². The van der Waals surface area contributed by atoms with Gasteiger partial charge in [0.15, 0.2) is 11.5 Å². The Kier molecular flexibility index (Phi) is 5.40. The Bertz CT molecular complexity index is 403. The van der Waals surface area contributed by atoms with Gasteiger partial charge in [0.1, 0.15) is 0 Å². The van der Waals surface area contributed by atoms with E-state index in [1.54, 1.807) is 13.2 Å². The van der Waals surface area contributed by atoms with Crippen LogP contribution in [0.5, 0.6) is 11.5 Å². The molecule has 1 aromatic carbocycles. The predicted molar refractivity (Wildman–Crippen MR) is 81.1 cm³/mol. The van der Waals surface area contributed by atoms with Crippen molar-refractivity contribution in [2.75, 3.05) is 13.4 Å². The number of rotatable bonds is 5. The number of benzene rings is 1. The van der Waals surface area contributed by atoms with Crippen molar-refractivity contribution in [2.45, 2.75) is 43.5 Å². The fraction of sp³-hybridized carbons (Fsp3) is 0.600. The molecule has 2 rings (SSSR count). The topological polar surface area (TPSA) is 41.5 Å². The van der Waals surface area contributed by atoms with E-state index in [0.29, 0.717) is 11.8 Å². The van der Waals surface area contributed by atoms with Gasteiger partial charge in [-0.15, -0.1) is 0 Å². The predicted octanol–water partition coefficient (Wildman–Crippen LogP) is 3.16. The van der Waals surface area contributed by atoms with Crippen LogP contribution in [0.1, 0.15) is 31.2 Å². The summed E-state index contributed by atoms with van der Waals surface area (Å²) in [5, 5.41) is 14.0. The Morgan fingerprint density at radius 3 is 2.68 bits per heavy atom. The van der Waals surface area contributed by atoms with Gasteiger partial charge in [-0.05, 0) is 49.6 Å². The molecular formula is C15H23NO2S. The van der Waals surface area contributed by atoms with Gasteiger partial charge in [-0.2, -0.15) is 11.8 Å². The zero-order chi connectivity index (χ0) is 13.7. The van der Waals surface area contributed by atoms with Crippen molar-refractivity contribution >= 4 is 11.8 Å². The van der Waals surface area contributed by atoms with Crippen molar-refractivity contribution in [2.24, 2.45) is 0 Å². The minimum absolute atomic E-state index is 0.201. The van der Waals surface area contributed by atoms with Gasteiger partial charge < -0.3 is 15.2 Å². The zero-order valence-electron chi connectivity index (χ0n) is 11.7. The van der Waals surface area contributed by atoms with E-state index in [9.17, 15) is 5.11 Å². The molecule has 1 aromatic rings. The number of methoxy groups -OCH3 is 1. The van der Waals surface area contributed by atoms with Crippen molar-refractivity contribution in [3.8, 4) is 11.5 Å². The molecule has 0 aromatic heterocycles. The average molecular weight is 281 g/mol. The fourth-order valence-electron chi connectivity index (χ4n) is 2.60. The zero-order valence-corrected chi connectivity index (χ0v) is 12.5. The molecule has 1 saturated carbocycles. The molecule has 3 nitrogen and oxygen atoms in total. The molecule has 4 heteroatoms. The summed E-state index contributed by atoms with van der Waals surface area (Å²) in [6.07, 6.45) is 7.37. The second-order valence-electron chi connectivity index (χ2n) is 5.10. The van der Waals surface area contributed by atoms with Crippen molar-refractivity contribution in [3.05, 3.63) is 23.8 Å². The first-order valence-electron chi connectivity index (χ1n) is 6.85. The average Bonchev–Trinajstić information content (AvgIpc) is 2.47. The molecule has 1 aliphatic carbocycles. The van der Waals surface area contributed by atoms with Crippen LogP contribution in [0.2, 0.25) is 0 Å². The first-order chi connectivity index (χ1) is 9.22. The lowest BCUT2D eigenvalue weighted by molar-refractivity contribution is 0.369. The van der Waals surface area contributed by atoms with Gasteiger partial charge in [0.05, 0.1) is 7.11 Å². The molecule has 0 amide bonds. The molecule has 2 N–H and O–H groups in total. The third kappa shape index (κ3) is 4.05. The molecule has 0 atom stereocenters. The van der Waals surface area contributed by atoms with E-state index in [2.05, 4.69) is 11.6 Å². The number of hydrogen-bond acceptors (Lipinski definition) is 4. The first kappa shape index (κ1) is 14.5. The van der Waals surface area contributed by atoms with Crippen LogP contribution in [0.4, 0.5) is 0 Å². The van der Waals surface area contributed by atoms with Crippen LogP contribution >= 0.6 is 11.8 Å². The molecule has 0 bridgehead atoms. The lowest BCUT2D eigenvalue weighted by Gasteiger charge is -2.28. The highest BCUT2D eigenvalue weighted by Crippen LogP contribution is 2.28. The maximum absolute atomic E-state index is 9.56. The van der Waals surface area contributed by atoms with E-state index in [-0.39, 0.29) is 5.75 Å². The van der Waals surface area contributed by atoms with Crippen molar-refractivity contribution < 1.29 is 9.84 Å². The lowest BCUT2D eigenvalue weighted by atomic mass is 9.95. The highest BCUT2D eigenvalue weighted by Gasteiger charge is 2.19. The Balaban J connectivity index is 1.82. The number of hydrogen-bond donors (Lipinski definition) is 2. The lowest BCUT2D eigenvalue weighted by Crippen LogP contribution is -2.33. The van der Waals surface area contributed by atoms with Gasteiger partial charge in [-0.25, -0.2) is 0 Å². The maximum Gasteiger partial charge on any atom is 0.160 e. The second-order valence-corrected chi connectivity index (χ2v) is 6.23. The molecule has 0 saturated heterocycles. The standard InChI is InChI=1S/C15H23NO2S/c1-18-15-9-11(3-8-14(15)17)10-16-12-4-6-13(19-2)7-5-12/h3,8-9,12-13,16-17H,4-7,10H2,1-2H3. The molecule has 1 fully saturated rings. The summed E-state index contributed by atoms with van der Waals surface area (Å²) in [5.41, 5.74) is 1.15. The number of aromatic hydroxyl groups is 1. The molecule has 106 valence electrons. The van der Waals surface area contributed by atoms with Gasteiger partial charge >= 0.3 is 0 Å². The van der Waals surface area contributed by atoms with Gasteiger partial charge in [0.2, 0.25) is 0 Å². The minimum atomic E-state index is 0.201. The minimum Gasteiger partial charge on any atom is -0.504 e. The summed E-state index contributed by atoms with van der Waals surface area (Å²) in [6, 6.07) is 6.16. The Morgan fingerprint density at radius 1 is 1.32 bits per heavy atom. The van der Waals surface area contributed by atoms with Gasteiger partial charge in [0, 0.05) is 17.8 Å². The van der Waals surface area contributed by atoms with Crippen LogP contribution in [0, 0.1) is 0 Å². The number of phenolic OH excluding ortho intramolecular Hbond substituents is 1. The largest absolute Gasteiger partial charge is 0.504 e. The third-order valence-electron chi connectivity index (χ3n) is 3.85.